The van der Waals surface area contributed by atoms with E-state index in [-0.39, 0.29) is 47.1 Å². The largest absolute Gasteiger partial charge is 0.507 e. The Kier molecular flexibility index (Phi) is 8.55. The first-order valence-electron chi connectivity index (χ1n) is 14.4. The standard InChI is InChI=1S/C31H35ClF2N6O2.CH4/c1-5-25(42)39-13-18(3)40(14-17(39)2)30-21-12-22(32)26(27-23(33)10-7-11-24(27)41)28(34)29(21)35-31(36-30)38-15-20(16-38)37(4)19-8-6-9-19;/h5,7,10-12,17-20,41H,1,6,8-9,13-16H2,2-4H3;1H4/t17-,18+;/m1./s1. The Labute approximate surface area is 256 Å². The highest BCUT2D eigenvalue weighted by Gasteiger charge is 2.38. The summed E-state index contributed by atoms with van der Waals surface area (Å²) in [5.41, 5.74) is -0.560. The highest BCUT2D eigenvalue weighted by Crippen LogP contribution is 2.43. The van der Waals surface area contributed by atoms with Crippen molar-refractivity contribution in [1.29, 1.82) is 0 Å². The second-order valence-electron chi connectivity index (χ2n) is 11.8. The van der Waals surface area contributed by atoms with E-state index in [0.717, 1.165) is 6.07 Å². The fourth-order valence-electron chi connectivity index (χ4n) is 6.33. The molecule has 0 bridgehead atoms. The molecule has 43 heavy (non-hydrogen) atoms. The Hall–Kier alpha value is -3.50. The predicted molar refractivity (Wildman–Crippen MR) is 168 cm³/mol. The number of hydrogen-bond acceptors (Lipinski definition) is 7. The molecule has 2 aliphatic heterocycles. The molecule has 3 aliphatic rings. The van der Waals surface area contributed by atoms with Gasteiger partial charge in [-0.15, -0.1) is 0 Å². The van der Waals surface area contributed by atoms with Gasteiger partial charge in [-0.3, -0.25) is 9.69 Å². The van der Waals surface area contributed by atoms with Crippen molar-refractivity contribution in [3.8, 4) is 16.9 Å². The van der Waals surface area contributed by atoms with Crippen LogP contribution < -0.4 is 9.80 Å². The predicted octanol–water partition coefficient (Wildman–Crippen LogP) is 5.85. The molecule has 1 saturated carbocycles. The number of nitrogens with zero attached hydrogens (tertiary/aromatic N) is 6. The average Bonchev–Trinajstić information content (AvgIpc) is 2.89. The molecule has 3 fully saturated rings. The van der Waals surface area contributed by atoms with E-state index in [0.29, 0.717) is 55.4 Å². The molecule has 1 amide bonds. The number of phenolic OH excluding ortho intramolecular Hbond substituents is 1. The SMILES string of the molecule is C.C=CC(=O)N1C[C@H](C)N(c2nc(N3CC(N(C)C4CCC4)C3)nc3c(F)c(-c4c(O)cccc4F)c(Cl)cc23)C[C@H]1C. The molecule has 3 aromatic rings. The van der Waals surface area contributed by atoms with E-state index in [1.807, 2.05) is 18.7 Å². The van der Waals surface area contributed by atoms with Crippen molar-refractivity contribution in [3.05, 3.63) is 53.6 Å². The van der Waals surface area contributed by atoms with Gasteiger partial charge in [0.2, 0.25) is 11.9 Å². The maximum atomic E-state index is 16.5. The lowest BCUT2D eigenvalue weighted by atomic mass is 9.90. The number of aromatic hydroxyl groups is 1. The van der Waals surface area contributed by atoms with Crippen LogP contribution in [-0.4, -0.2) is 88.2 Å². The highest BCUT2D eigenvalue weighted by atomic mass is 35.5. The molecular formula is C32H39ClF2N6O2. The zero-order valence-electron chi connectivity index (χ0n) is 24.0. The lowest BCUT2D eigenvalue weighted by Gasteiger charge is -2.49. The molecular weight excluding hydrogens is 574 g/mol. The summed E-state index contributed by atoms with van der Waals surface area (Å²) in [7, 11) is 2.15. The summed E-state index contributed by atoms with van der Waals surface area (Å²) in [5.74, 6) is -1.30. The zero-order valence-corrected chi connectivity index (χ0v) is 24.8. The van der Waals surface area contributed by atoms with Crippen LogP contribution in [0.3, 0.4) is 0 Å². The van der Waals surface area contributed by atoms with Crippen LogP contribution in [0.15, 0.2) is 36.9 Å². The minimum absolute atomic E-state index is 0. The number of halogens is 3. The number of anilines is 2. The Bertz CT molecular complexity index is 1540. The van der Waals surface area contributed by atoms with Gasteiger partial charge in [-0.25, -0.2) is 13.8 Å². The Morgan fingerprint density at radius 1 is 1.09 bits per heavy atom. The summed E-state index contributed by atoms with van der Waals surface area (Å²) in [5, 5.41) is 10.8. The van der Waals surface area contributed by atoms with Gasteiger partial charge in [-0.2, -0.15) is 4.98 Å². The number of carbonyl (C=O) groups is 1. The first-order valence-corrected chi connectivity index (χ1v) is 14.8. The summed E-state index contributed by atoms with van der Waals surface area (Å²) in [6, 6.07) is 5.98. The van der Waals surface area contributed by atoms with Crippen molar-refractivity contribution < 1.29 is 18.7 Å². The second-order valence-corrected chi connectivity index (χ2v) is 12.2. The number of aromatic nitrogens is 2. The quantitative estimate of drug-likeness (QED) is 0.350. The Morgan fingerprint density at radius 3 is 2.44 bits per heavy atom. The monoisotopic (exact) mass is 612 g/mol. The van der Waals surface area contributed by atoms with Gasteiger partial charge in [0.15, 0.2) is 5.82 Å². The van der Waals surface area contributed by atoms with Crippen LogP contribution in [0, 0.1) is 11.6 Å². The number of rotatable bonds is 6. The van der Waals surface area contributed by atoms with Gasteiger partial charge in [0.25, 0.3) is 0 Å². The third-order valence-corrected chi connectivity index (χ3v) is 9.48. The second kappa shape index (κ2) is 11.9. The summed E-state index contributed by atoms with van der Waals surface area (Å²) >= 11 is 6.62. The van der Waals surface area contributed by atoms with Gasteiger partial charge in [0, 0.05) is 61.3 Å². The van der Waals surface area contributed by atoms with Crippen molar-refractivity contribution in [2.75, 3.05) is 43.0 Å². The molecule has 0 unspecified atom stereocenters. The van der Waals surface area contributed by atoms with E-state index in [1.54, 1.807) is 11.0 Å². The van der Waals surface area contributed by atoms with Crippen molar-refractivity contribution in [2.24, 2.45) is 0 Å². The lowest BCUT2D eigenvalue weighted by molar-refractivity contribution is -0.128. The lowest BCUT2D eigenvalue weighted by Crippen LogP contribution is -2.62. The zero-order chi connectivity index (χ0) is 29.9. The van der Waals surface area contributed by atoms with E-state index in [4.69, 9.17) is 16.6 Å². The molecule has 6 rings (SSSR count). The van der Waals surface area contributed by atoms with Crippen LogP contribution in [0.2, 0.25) is 5.02 Å². The molecule has 2 saturated heterocycles. The average molecular weight is 613 g/mol. The summed E-state index contributed by atoms with van der Waals surface area (Å²) < 4.78 is 31.4. The van der Waals surface area contributed by atoms with Crippen LogP contribution in [0.25, 0.3) is 22.0 Å². The molecule has 1 aliphatic carbocycles. The van der Waals surface area contributed by atoms with E-state index in [2.05, 4.69) is 28.4 Å². The summed E-state index contributed by atoms with van der Waals surface area (Å²) in [6.07, 6.45) is 4.98. The topological polar surface area (TPSA) is 76.0 Å². The van der Waals surface area contributed by atoms with Crippen molar-refractivity contribution in [2.45, 2.75) is 64.7 Å². The van der Waals surface area contributed by atoms with E-state index < -0.39 is 17.4 Å². The number of benzene rings is 2. The number of likely N-dealkylation sites (N-methyl/N-ethyl adjacent to an activating group) is 1. The van der Waals surface area contributed by atoms with Crippen molar-refractivity contribution >= 4 is 40.2 Å². The molecule has 0 spiro atoms. The van der Waals surface area contributed by atoms with Gasteiger partial charge < -0.3 is 19.8 Å². The van der Waals surface area contributed by atoms with Crippen molar-refractivity contribution in [3.63, 3.8) is 0 Å². The van der Waals surface area contributed by atoms with Crippen LogP contribution in [-0.2, 0) is 4.79 Å². The fourth-order valence-corrected chi connectivity index (χ4v) is 6.62. The smallest absolute Gasteiger partial charge is 0.246 e. The summed E-state index contributed by atoms with van der Waals surface area (Å²) in [6.45, 7) is 9.87. The normalized spacial score (nSPS) is 21.0. The number of fused-ring (bicyclic) bond motifs is 1. The van der Waals surface area contributed by atoms with Crippen molar-refractivity contribution in [1.82, 2.24) is 19.8 Å². The van der Waals surface area contributed by atoms with Gasteiger partial charge in [0.05, 0.1) is 10.6 Å². The van der Waals surface area contributed by atoms with Gasteiger partial charge in [0.1, 0.15) is 22.9 Å². The van der Waals surface area contributed by atoms with Crippen LogP contribution >= 0.6 is 11.6 Å². The molecule has 1 aromatic heterocycles. The molecule has 230 valence electrons. The van der Waals surface area contributed by atoms with Crippen LogP contribution in [0.5, 0.6) is 5.75 Å². The fraction of sp³-hybridized carbons (Fsp3) is 0.469. The van der Waals surface area contributed by atoms with E-state index >= 15 is 4.39 Å². The molecule has 2 atom stereocenters. The molecule has 11 heteroatoms. The first kappa shape index (κ1) is 30.9. The number of carbonyl (C=O) groups excluding carboxylic acids is 1. The van der Waals surface area contributed by atoms with Crippen LogP contribution in [0.1, 0.15) is 40.5 Å². The van der Waals surface area contributed by atoms with Gasteiger partial charge >= 0.3 is 0 Å². The third-order valence-electron chi connectivity index (χ3n) is 9.18. The van der Waals surface area contributed by atoms with Crippen LogP contribution in [0.4, 0.5) is 20.5 Å². The number of phenols is 1. The maximum Gasteiger partial charge on any atom is 0.246 e. The summed E-state index contributed by atoms with van der Waals surface area (Å²) in [4.78, 5) is 30.4. The number of amides is 1. The molecule has 0 radical (unpaired) electrons. The Balaban J connectivity index is 0.00000368. The van der Waals surface area contributed by atoms with E-state index in [1.165, 1.54) is 37.5 Å². The van der Waals surface area contributed by atoms with Gasteiger partial charge in [-0.1, -0.05) is 38.1 Å². The molecule has 1 N–H and O–H groups in total. The molecule has 8 nitrogen and oxygen atoms in total. The minimum atomic E-state index is -0.826. The minimum Gasteiger partial charge on any atom is -0.507 e. The number of piperazine rings is 1. The van der Waals surface area contributed by atoms with E-state index in [9.17, 15) is 14.3 Å². The van der Waals surface area contributed by atoms with Gasteiger partial charge in [-0.05, 0) is 58.0 Å². The molecule has 3 heterocycles. The third kappa shape index (κ3) is 5.29. The maximum absolute atomic E-state index is 16.5. The number of hydrogen-bond donors (Lipinski definition) is 1. The first-order chi connectivity index (χ1) is 20.1. The molecule has 2 aromatic carbocycles. The Morgan fingerprint density at radius 2 is 1.81 bits per heavy atom. The highest BCUT2D eigenvalue weighted by molar-refractivity contribution is 6.34.